The van der Waals surface area contributed by atoms with Gasteiger partial charge in [-0.3, -0.25) is 4.79 Å². The molecule has 0 radical (unpaired) electrons. The van der Waals surface area contributed by atoms with Gasteiger partial charge in [0.1, 0.15) is 0 Å². The van der Waals surface area contributed by atoms with Gasteiger partial charge in [0.05, 0.1) is 5.54 Å². The molecule has 0 saturated carbocycles. The molecule has 1 amide bonds. The van der Waals surface area contributed by atoms with Crippen LogP contribution in [0.25, 0.3) is 0 Å². The Morgan fingerprint density at radius 1 is 1.53 bits per heavy atom. The summed E-state index contributed by atoms with van der Waals surface area (Å²) in [6.07, 6.45) is 2.50. The van der Waals surface area contributed by atoms with Gasteiger partial charge in [-0.05, 0) is 19.3 Å². The molecule has 0 bridgehead atoms. The molecule has 0 aliphatic carbocycles. The molecular weight excluding hydrogens is 214 g/mol. The van der Waals surface area contributed by atoms with Crippen molar-refractivity contribution in [2.45, 2.75) is 38.6 Å². The Morgan fingerprint density at radius 3 is 2.60 bits per heavy atom. The van der Waals surface area contributed by atoms with E-state index in [1.165, 1.54) is 0 Å². The summed E-state index contributed by atoms with van der Waals surface area (Å²) in [6.45, 7) is 5.33. The first-order chi connectivity index (χ1) is 7.13. The number of carbonyl (C=O) groups excluding carboxylic acids is 1. The number of ether oxygens (including phenoxy) is 1. The molecule has 3 nitrogen and oxygen atoms in total. The van der Waals surface area contributed by atoms with Gasteiger partial charge < -0.3 is 10.1 Å². The molecule has 0 aromatic heterocycles. The number of alkyl halides is 1. The molecule has 0 aromatic carbocycles. The first kappa shape index (κ1) is 12.8. The highest BCUT2D eigenvalue weighted by Crippen LogP contribution is 2.23. The number of nitrogens with one attached hydrogen (secondary N) is 1. The lowest BCUT2D eigenvalue weighted by Crippen LogP contribution is -2.54. The number of amides is 1. The summed E-state index contributed by atoms with van der Waals surface area (Å²) in [7, 11) is 0. The van der Waals surface area contributed by atoms with E-state index in [-0.39, 0.29) is 17.4 Å². The van der Waals surface area contributed by atoms with Crippen molar-refractivity contribution < 1.29 is 9.53 Å². The standard InChI is InChI=1S/C11H20ClNO2/c1-3-9(2)10(14)13-11(8-12)4-6-15-7-5-11/h9H,3-8H2,1-2H3,(H,13,14). The highest BCUT2D eigenvalue weighted by Gasteiger charge is 2.34. The maximum Gasteiger partial charge on any atom is 0.223 e. The van der Waals surface area contributed by atoms with E-state index in [1.54, 1.807) is 0 Å². The lowest BCUT2D eigenvalue weighted by atomic mass is 9.91. The molecule has 1 fully saturated rings. The summed E-state index contributed by atoms with van der Waals surface area (Å²) in [4.78, 5) is 11.8. The number of halogens is 1. The van der Waals surface area contributed by atoms with E-state index in [2.05, 4.69) is 5.32 Å². The molecule has 1 rings (SSSR count). The van der Waals surface area contributed by atoms with Crippen molar-refractivity contribution in [1.82, 2.24) is 5.32 Å². The quantitative estimate of drug-likeness (QED) is 0.754. The SMILES string of the molecule is CCC(C)C(=O)NC1(CCl)CCOCC1. The second-order valence-corrected chi connectivity index (χ2v) is 4.59. The Balaban J connectivity index is 2.55. The number of carbonyl (C=O) groups is 1. The number of hydrogen-bond acceptors (Lipinski definition) is 2. The van der Waals surface area contributed by atoms with Crippen LogP contribution >= 0.6 is 11.6 Å². The van der Waals surface area contributed by atoms with Crippen LogP contribution in [0.4, 0.5) is 0 Å². The zero-order chi connectivity index (χ0) is 11.3. The van der Waals surface area contributed by atoms with Crippen LogP contribution in [0.2, 0.25) is 0 Å². The summed E-state index contributed by atoms with van der Waals surface area (Å²) in [5.41, 5.74) is -0.236. The van der Waals surface area contributed by atoms with Crippen LogP contribution in [-0.4, -0.2) is 30.5 Å². The van der Waals surface area contributed by atoms with Crippen LogP contribution < -0.4 is 5.32 Å². The van der Waals surface area contributed by atoms with Gasteiger partial charge in [0.25, 0.3) is 0 Å². The van der Waals surface area contributed by atoms with Gasteiger partial charge >= 0.3 is 0 Å². The lowest BCUT2D eigenvalue weighted by Gasteiger charge is -2.37. The Labute approximate surface area is 96.5 Å². The van der Waals surface area contributed by atoms with Crippen molar-refractivity contribution in [2.24, 2.45) is 5.92 Å². The van der Waals surface area contributed by atoms with Crippen LogP contribution in [0, 0.1) is 5.92 Å². The third-order valence-electron chi connectivity index (χ3n) is 3.15. The van der Waals surface area contributed by atoms with Gasteiger partial charge in [-0.2, -0.15) is 0 Å². The fraction of sp³-hybridized carbons (Fsp3) is 0.909. The topological polar surface area (TPSA) is 38.3 Å². The van der Waals surface area contributed by atoms with Crippen LogP contribution in [0.15, 0.2) is 0 Å². The highest BCUT2D eigenvalue weighted by molar-refractivity contribution is 6.18. The molecule has 1 heterocycles. The molecule has 0 spiro atoms. The first-order valence-electron chi connectivity index (χ1n) is 5.59. The third-order valence-corrected chi connectivity index (χ3v) is 3.67. The third kappa shape index (κ3) is 3.35. The van der Waals surface area contributed by atoms with Crippen molar-refractivity contribution in [3.63, 3.8) is 0 Å². The van der Waals surface area contributed by atoms with Crippen molar-refractivity contribution >= 4 is 17.5 Å². The smallest absolute Gasteiger partial charge is 0.223 e. The Bertz CT molecular complexity index is 215. The van der Waals surface area contributed by atoms with E-state index in [4.69, 9.17) is 16.3 Å². The van der Waals surface area contributed by atoms with Crippen LogP contribution in [0.5, 0.6) is 0 Å². The predicted octanol–water partition coefficient (Wildman–Crippen LogP) is 1.94. The number of rotatable bonds is 4. The van der Waals surface area contributed by atoms with Crippen molar-refractivity contribution in [3.8, 4) is 0 Å². The molecule has 4 heteroatoms. The van der Waals surface area contributed by atoms with Crippen LogP contribution in [0.1, 0.15) is 33.1 Å². The monoisotopic (exact) mass is 233 g/mol. The lowest BCUT2D eigenvalue weighted by molar-refractivity contribution is -0.127. The minimum atomic E-state index is -0.236. The van der Waals surface area contributed by atoms with Gasteiger partial charge in [0.15, 0.2) is 0 Å². The molecular formula is C11H20ClNO2. The second-order valence-electron chi connectivity index (χ2n) is 4.32. The Kier molecular flexibility index (Phi) is 4.87. The van der Waals surface area contributed by atoms with Crippen LogP contribution in [-0.2, 0) is 9.53 Å². The molecule has 1 atom stereocenters. The van der Waals surface area contributed by atoms with Gasteiger partial charge in [0, 0.05) is 25.0 Å². The van der Waals surface area contributed by atoms with Gasteiger partial charge in [-0.15, -0.1) is 11.6 Å². The maximum absolute atomic E-state index is 11.8. The fourth-order valence-corrected chi connectivity index (χ4v) is 1.96. The van der Waals surface area contributed by atoms with E-state index >= 15 is 0 Å². The molecule has 1 N–H and O–H groups in total. The summed E-state index contributed by atoms with van der Waals surface area (Å²) in [5, 5.41) is 3.08. The minimum absolute atomic E-state index is 0.0629. The summed E-state index contributed by atoms with van der Waals surface area (Å²) < 4.78 is 5.29. The Morgan fingerprint density at radius 2 is 2.13 bits per heavy atom. The molecule has 1 unspecified atom stereocenters. The summed E-state index contributed by atoms with van der Waals surface area (Å²) in [6, 6.07) is 0. The molecule has 0 aromatic rings. The van der Waals surface area contributed by atoms with E-state index in [1.807, 2.05) is 13.8 Å². The molecule has 1 aliphatic rings. The van der Waals surface area contributed by atoms with Crippen molar-refractivity contribution in [1.29, 1.82) is 0 Å². The molecule has 1 saturated heterocycles. The van der Waals surface area contributed by atoms with E-state index < -0.39 is 0 Å². The first-order valence-corrected chi connectivity index (χ1v) is 6.13. The summed E-state index contributed by atoms with van der Waals surface area (Å²) >= 11 is 5.96. The average Bonchev–Trinajstić information content (AvgIpc) is 2.29. The van der Waals surface area contributed by atoms with Crippen LogP contribution in [0.3, 0.4) is 0 Å². The van der Waals surface area contributed by atoms with Crippen molar-refractivity contribution in [2.75, 3.05) is 19.1 Å². The average molecular weight is 234 g/mol. The maximum atomic E-state index is 11.8. The largest absolute Gasteiger partial charge is 0.381 e. The van der Waals surface area contributed by atoms with Gasteiger partial charge in [-0.25, -0.2) is 0 Å². The van der Waals surface area contributed by atoms with Gasteiger partial charge in [0.2, 0.25) is 5.91 Å². The molecule has 88 valence electrons. The molecule has 15 heavy (non-hydrogen) atoms. The van der Waals surface area contributed by atoms with Crippen molar-refractivity contribution in [3.05, 3.63) is 0 Å². The second kappa shape index (κ2) is 5.71. The zero-order valence-corrected chi connectivity index (χ0v) is 10.3. The molecule has 1 aliphatic heterocycles. The summed E-state index contributed by atoms with van der Waals surface area (Å²) in [5.74, 6) is 0.645. The zero-order valence-electron chi connectivity index (χ0n) is 9.51. The van der Waals surface area contributed by atoms with Gasteiger partial charge in [-0.1, -0.05) is 13.8 Å². The Hall–Kier alpha value is -0.280. The minimum Gasteiger partial charge on any atom is -0.381 e. The number of hydrogen-bond donors (Lipinski definition) is 1. The predicted molar refractivity (Wildman–Crippen MR) is 61.1 cm³/mol. The normalized spacial score (nSPS) is 22.1. The fourth-order valence-electron chi connectivity index (χ4n) is 1.62. The van der Waals surface area contributed by atoms with E-state index in [9.17, 15) is 4.79 Å². The highest BCUT2D eigenvalue weighted by atomic mass is 35.5. The van der Waals surface area contributed by atoms with E-state index in [0.29, 0.717) is 19.1 Å². The van der Waals surface area contributed by atoms with E-state index in [0.717, 1.165) is 19.3 Å².